The summed E-state index contributed by atoms with van der Waals surface area (Å²) in [5, 5.41) is 0. The zero-order valence-corrected chi connectivity index (χ0v) is 7.37. The lowest BCUT2D eigenvalue weighted by atomic mass is 9.99. The number of hydrogen-bond acceptors (Lipinski definition) is 2. The molecule has 2 N–H and O–H groups in total. The minimum absolute atomic E-state index is 0.661. The van der Waals surface area contributed by atoms with E-state index < -0.39 is 0 Å². The molecule has 2 heteroatoms. The van der Waals surface area contributed by atoms with Crippen molar-refractivity contribution in [1.29, 1.82) is 0 Å². The van der Waals surface area contributed by atoms with Crippen molar-refractivity contribution in [2.24, 2.45) is 5.73 Å². The third kappa shape index (κ3) is 1.45. The van der Waals surface area contributed by atoms with E-state index in [0.717, 1.165) is 6.42 Å². The monoisotopic (exact) mass is 164 g/mol. The lowest BCUT2D eigenvalue weighted by Crippen LogP contribution is -2.44. The van der Waals surface area contributed by atoms with Crippen LogP contribution in [0.15, 0.2) is 23.8 Å². The van der Waals surface area contributed by atoms with E-state index in [0.29, 0.717) is 12.6 Å². The van der Waals surface area contributed by atoms with E-state index >= 15 is 0 Å². The first-order chi connectivity index (χ1) is 5.90. The molecule has 0 spiro atoms. The Labute approximate surface area is 73.7 Å². The predicted molar refractivity (Wildman–Crippen MR) is 50.9 cm³/mol. The van der Waals surface area contributed by atoms with Gasteiger partial charge < -0.3 is 5.73 Å². The predicted octanol–water partition coefficient (Wildman–Crippen LogP) is 0.906. The standard InChI is InChI=1S/C10H16N2/c11-8-9-2-4-10(5-3-9)12-6-1-7-12/h2-4,10H,1,5-8,11H2. The van der Waals surface area contributed by atoms with Gasteiger partial charge in [-0.15, -0.1) is 0 Å². The number of likely N-dealkylation sites (tertiary alicyclic amines) is 1. The fourth-order valence-corrected chi connectivity index (χ4v) is 1.75. The molecule has 1 fully saturated rings. The highest BCUT2D eigenvalue weighted by atomic mass is 15.2. The Morgan fingerprint density at radius 3 is 2.75 bits per heavy atom. The summed E-state index contributed by atoms with van der Waals surface area (Å²) in [5.41, 5.74) is 6.82. The molecule has 12 heavy (non-hydrogen) atoms. The zero-order valence-electron chi connectivity index (χ0n) is 7.37. The summed E-state index contributed by atoms with van der Waals surface area (Å²) in [6, 6.07) is 0.661. The summed E-state index contributed by atoms with van der Waals surface area (Å²) in [6.07, 6.45) is 9.26. The quantitative estimate of drug-likeness (QED) is 0.657. The van der Waals surface area contributed by atoms with Crippen LogP contribution in [-0.4, -0.2) is 30.6 Å². The highest BCUT2D eigenvalue weighted by molar-refractivity contribution is 5.26. The molecule has 0 saturated carbocycles. The molecular weight excluding hydrogens is 148 g/mol. The fraction of sp³-hybridized carbons (Fsp3) is 0.600. The van der Waals surface area contributed by atoms with Crippen molar-refractivity contribution in [3.05, 3.63) is 23.8 Å². The van der Waals surface area contributed by atoms with Crippen molar-refractivity contribution in [2.45, 2.75) is 18.9 Å². The summed E-state index contributed by atoms with van der Waals surface area (Å²) < 4.78 is 0. The highest BCUT2D eigenvalue weighted by Gasteiger charge is 2.21. The minimum Gasteiger partial charge on any atom is -0.327 e. The van der Waals surface area contributed by atoms with Gasteiger partial charge in [-0.25, -0.2) is 0 Å². The highest BCUT2D eigenvalue weighted by Crippen LogP contribution is 2.19. The van der Waals surface area contributed by atoms with E-state index in [2.05, 4.69) is 23.1 Å². The summed E-state index contributed by atoms with van der Waals surface area (Å²) >= 11 is 0. The molecular formula is C10H16N2. The first-order valence-corrected chi connectivity index (χ1v) is 4.71. The van der Waals surface area contributed by atoms with Crippen molar-refractivity contribution in [2.75, 3.05) is 19.6 Å². The van der Waals surface area contributed by atoms with Crippen LogP contribution in [0.1, 0.15) is 12.8 Å². The maximum Gasteiger partial charge on any atom is 0.0316 e. The molecule has 2 nitrogen and oxygen atoms in total. The fourth-order valence-electron chi connectivity index (χ4n) is 1.75. The van der Waals surface area contributed by atoms with Crippen molar-refractivity contribution < 1.29 is 0 Å². The third-order valence-electron chi connectivity index (χ3n) is 2.75. The van der Waals surface area contributed by atoms with E-state index in [1.165, 1.54) is 25.1 Å². The van der Waals surface area contributed by atoms with Crippen LogP contribution >= 0.6 is 0 Å². The summed E-state index contributed by atoms with van der Waals surface area (Å²) in [5.74, 6) is 0. The van der Waals surface area contributed by atoms with Crippen LogP contribution in [0.3, 0.4) is 0 Å². The Balaban J connectivity index is 1.90. The smallest absolute Gasteiger partial charge is 0.0316 e. The average molecular weight is 164 g/mol. The van der Waals surface area contributed by atoms with E-state index in [1.54, 1.807) is 0 Å². The Bertz CT molecular complexity index is 214. The molecule has 0 radical (unpaired) electrons. The molecule has 1 aliphatic carbocycles. The molecule has 1 unspecified atom stereocenters. The molecule has 1 aliphatic heterocycles. The second-order valence-electron chi connectivity index (χ2n) is 3.53. The van der Waals surface area contributed by atoms with Gasteiger partial charge >= 0.3 is 0 Å². The Kier molecular flexibility index (Phi) is 2.28. The van der Waals surface area contributed by atoms with Crippen molar-refractivity contribution in [3.8, 4) is 0 Å². The van der Waals surface area contributed by atoms with Gasteiger partial charge in [0.2, 0.25) is 0 Å². The summed E-state index contributed by atoms with van der Waals surface area (Å²) in [7, 11) is 0. The van der Waals surface area contributed by atoms with Gasteiger partial charge in [0.05, 0.1) is 0 Å². The van der Waals surface area contributed by atoms with E-state index in [9.17, 15) is 0 Å². The molecule has 2 aliphatic rings. The molecule has 1 atom stereocenters. The number of rotatable bonds is 2. The van der Waals surface area contributed by atoms with Gasteiger partial charge in [0, 0.05) is 12.6 Å². The average Bonchev–Trinajstić information content (AvgIpc) is 2.03. The molecule has 0 aromatic rings. The largest absolute Gasteiger partial charge is 0.327 e. The lowest BCUT2D eigenvalue weighted by Gasteiger charge is -2.37. The topological polar surface area (TPSA) is 29.3 Å². The first kappa shape index (κ1) is 8.02. The van der Waals surface area contributed by atoms with Gasteiger partial charge in [0.1, 0.15) is 0 Å². The first-order valence-electron chi connectivity index (χ1n) is 4.71. The molecule has 0 aromatic carbocycles. The Morgan fingerprint density at radius 1 is 1.50 bits per heavy atom. The Hall–Kier alpha value is -0.600. The summed E-state index contributed by atoms with van der Waals surface area (Å²) in [6.45, 7) is 3.24. The van der Waals surface area contributed by atoms with Crippen molar-refractivity contribution in [3.63, 3.8) is 0 Å². The molecule has 0 aromatic heterocycles. The maximum atomic E-state index is 5.54. The molecule has 0 bridgehead atoms. The van der Waals surface area contributed by atoms with Gasteiger partial charge in [-0.3, -0.25) is 4.90 Å². The van der Waals surface area contributed by atoms with Crippen LogP contribution in [0.5, 0.6) is 0 Å². The zero-order chi connectivity index (χ0) is 8.39. The second-order valence-corrected chi connectivity index (χ2v) is 3.53. The lowest BCUT2D eigenvalue weighted by molar-refractivity contribution is 0.144. The Morgan fingerprint density at radius 2 is 2.33 bits per heavy atom. The SMILES string of the molecule is NCC1=CCC(N2CCC2)C=C1. The molecule has 1 heterocycles. The van der Waals surface area contributed by atoms with E-state index in [4.69, 9.17) is 5.73 Å². The van der Waals surface area contributed by atoms with Crippen molar-refractivity contribution >= 4 is 0 Å². The van der Waals surface area contributed by atoms with Gasteiger partial charge in [0.25, 0.3) is 0 Å². The van der Waals surface area contributed by atoms with Crippen LogP contribution in [-0.2, 0) is 0 Å². The molecule has 66 valence electrons. The number of nitrogens with zero attached hydrogens (tertiary/aromatic N) is 1. The summed E-state index contributed by atoms with van der Waals surface area (Å²) in [4.78, 5) is 2.51. The van der Waals surface area contributed by atoms with Crippen LogP contribution in [0, 0.1) is 0 Å². The van der Waals surface area contributed by atoms with Gasteiger partial charge in [0.15, 0.2) is 0 Å². The normalized spacial score (nSPS) is 29.8. The molecule has 2 rings (SSSR count). The van der Waals surface area contributed by atoms with Crippen molar-refractivity contribution in [1.82, 2.24) is 4.90 Å². The van der Waals surface area contributed by atoms with Crippen LogP contribution in [0.4, 0.5) is 0 Å². The third-order valence-corrected chi connectivity index (χ3v) is 2.75. The number of hydrogen-bond donors (Lipinski definition) is 1. The van der Waals surface area contributed by atoms with E-state index in [-0.39, 0.29) is 0 Å². The van der Waals surface area contributed by atoms with E-state index in [1.807, 2.05) is 0 Å². The minimum atomic E-state index is 0.661. The second kappa shape index (κ2) is 3.42. The van der Waals surface area contributed by atoms with Crippen LogP contribution < -0.4 is 5.73 Å². The van der Waals surface area contributed by atoms with Gasteiger partial charge in [-0.05, 0) is 31.5 Å². The maximum absolute atomic E-state index is 5.54. The molecule has 0 amide bonds. The van der Waals surface area contributed by atoms with Gasteiger partial charge in [-0.1, -0.05) is 18.2 Å². The molecule has 1 saturated heterocycles. The van der Waals surface area contributed by atoms with Crippen LogP contribution in [0.2, 0.25) is 0 Å². The number of nitrogens with two attached hydrogens (primary N) is 1. The van der Waals surface area contributed by atoms with Gasteiger partial charge in [-0.2, -0.15) is 0 Å². The van der Waals surface area contributed by atoms with Crippen LogP contribution in [0.25, 0.3) is 0 Å².